The average molecular weight is 392 g/mol. The number of carboxylic acids is 1. The van der Waals surface area contributed by atoms with Gasteiger partial charge in [-0.2, -0.15) is 5.10 Å². The van der Waals surface area contributed by atoms with Gasteiger partial charge in [0.25, 0.3) is 5.91 Å². The van der Waals surface area contributed by atoms with E-state index in [1.807, 2.05) is 31.2 Å². The number of rotatable bonds is 3. The minimum Gasteiger partial charge on any atom is -0.480 e. The number of aliphatic carboxylic acids is 1. The van der Waals surface area contributed by atoms with Crippen molar-refractivity contribution in [1.82, 2.24) is 14.7 Å². The number of carboxylic acid groups (broad SMARTS) is 1. The second kappa shape index (κ2) is 6.76. The standard InChI is InChI=1S/C17H18BrN3O3/c1-11-14(10-19-21(11)13-7-5-12(18)6-8-13)16(22)20-9-3-2-4-15(20)17(23)24/h5-8,10,15H,2-4,9H2,1H3,(H,23,24)/t15-/m1/s1. The Balaban J connectivity index is 1.91. The SMILES string of the molecule is Cc1c(C(=O)N2CCCC[C@@H]2C(=O)O)cnn1-c1ccc(Br)cc1. The number of carbonyl (C=O) groups excluding carboxylic acids is 1. The van der Waals surface area contributed by atoms with E-state index < -0.39 is 12.0 Å². The van der Waals surface area contributed by atoms with Crippen molar-refractivity contribution in [3.8, 4) is 5.69 Å². The summed E-state index contributed by atoms with van der Waals surface area (Å²) in [6.07, 6.45) is 3.68. The molecule has 2 aromatic rings. The van der Waals surface area contributed by atoms with Gasteiger partial charge >= 0.3 is 5.97 Å². The molecular weight excluding hydrogens is 374 g/mol. The second-order valence-corrected chi connectivity index (χ2v) is 6.80. The molecule has 1 saturated heterocycles. The van der Waals surface area contributed by atoms with Crippen molar-refractivity contribution < 1.29 is 14.7 Å². The summed E-state index contributed by atoms with van der Waals surface area (Å²) in [6.45, 7) is 2.29. The number of carbonyl (C=O) groups is 2. The van der Waals surface area contributed by atoms with Gasteiger partial charge < -0.3 is 10.0 Å². The molecule has 0 aliphatic carbocycles. The van der Waals surface area contributed by atoms with Crippen molar-refractivity contribution in [3.05, 3.63) is 46.2 Å². The first-order chi connectivity index (χ1) is 11.5. The summed E-state index contributed by atoms with van der Waals surface area (Å²) in [7, 11) is 0. The fraction of sp³-hybridized carbons (Fsp3) is 0.353. The van der Waals surface area contributed by atoms with Crippen molar-refractivity contribution in [2.45, 2.75) is 32.2 Å². The van der Waals surface area contributed by atoms with Crippen LogP contribution in [-0.4, -0.2) is 44.3 Å². The molecular formula is C17H18BrN3O3. The first-order valence-electron chi connectivity index (χ1n) is 7.83. The molecule has 126 valence electrons. The van der Waals surface area contributed by atoms with E-state index in [9.17, 15) is 14.7 Å². The van der Waals surface area contributed by atoms with E-state index in [-0.39, 0.29) is 5.91 Å². The Morgan fingerprint density at radius 3 is 2.62 bits per heavy atom. The van der Waals surface area contributed by atoms with Gasteiger partial charge in [0.2, 0.25) is 0 Å². The van der Waals surface area contributed by atoms with Gasteiger partial charge in [-0.25, -0.2) is 9.48 Å². The number of nitrogens with zero attached hydrogens (tertiary/aromatic N) is 3. The van der Waals surface area contributed by atoms with E-state index in [0.717, 1.165) is 23.0 Å². The maximum absolute atomic E-state index is 12.8. The highest BCUT2D eigenvalue weighted by atomic mass is 79.9. The van der Waals surface area contributed by atoms with Crippen molar-refractivity contribution >= 4 is 27.8 Å². The van der Waals surface area contributed by atoms with Crippen molar-refractivity contribution in [2.75, 3.05) is 6.54 Å². The zero-order chi connectivity index (χ0) is 17.3. The first-order valence-corrected chi connectivity index (χ1v) is 8.62. The summed E-state index contributed by atoms with van der Waals surface area (Å²) < 4.78 is 2.66. The number of likely N-dealkylation sites (tertiary alicyclic amines) is 1. The first kappa shape index (κ1) is 16.7. The molecule has 0 bridgehead atoms. The highest BCUT2D eigenvalue weighted by Gasteiger charge is 2.33. The van der Waals surface area contributed by atoms with E-state index >= 15 is 0 Å². The molecule has 1 aromatic heterocycles. The van der Waals surface area contributed by atoms with Crippen LogP contribution in [0.2, 0.25) is 0 Å². The normalized spacial score (nSPS) is 17.8. The van der Waals surface area contributed by atoms with Gasteiger partial charge in [-0.15, -0.1) is 0 Å². The molecule has 0 radical (unpaired) electrons. The Morgan fingerprint density at radius 2 is 1.96 bits per heavy atom. The van der Waals surface area contributed by atoms with Gasteiger partial charge in [0, 0.05) is 11.0 Å². The molecule has 1 amide bonds. The summed E-state index contributed by atoms with van der Waals surface area (Å²) in [5.41, 5.74) is 2.01. The summed E-state index contributed by atoms with van der Waals surface area (Å²) in [5.74, 6) is -1.20. The number of piperidine rings is 1. The molecule has 0 spiro atoms. The highest BCUT2D eigenvalue weighted by Crippen LogP contribution is 2.23. The van der Waals surface area contributed by atoms with Gasteiger partial charge in [-0.3, -0.25) is 4.79 Å². The van der Waals surface area contributed by atoms with Crippen LogP contribution in [0.1, 0.15) is 35.3 Å². The smallest absolute Gasteiger partial charge is 0.326 e. The molecule has 6 nitrogen and oxygen atoms in total. The van der Waals surface area contributed by atoms with Crippen LogP contribution in [0.4, 0.5) is 0 Å². The molecule has 1 aliphatic rings. The Morgan fingerprint density at radius 1 is 1.25 bits per heavy atom. The fourth-order valence-corrected chi connectivity index (χ4v) is 3.31. The van der Waals surface area contributed by atoms with E-state index in [1.54, 1.807) is 4.68 Å². The van der Waals surface area contributed by atoms with Crippen molar-refractivity contribution in [3.63, 3.8) is 0 Å². The van der Waals surface area contributed by atoms with E-state index in [2.05, 4.69) is 21.0 Å². The lowest BCUT2D eigenvalue weighted by atomic mass is 10.0. The molecule has 1 atom stereocenters. The minimum absolute atomic E-state index is 0.261. The summed E-state index contributed by atoms with van der Waals surface area (Å²) in [6, 6.07) is 6.87. The molecule has 2 heterocycles. The van der Waals surface area contributed by atoms with E-state index in [4.69, 9.17) is 0 Å². The number of benzene rings is 1. The van der Waals surface area contributed by atoms with Crippen LogP contribution in [0.3, 0.4) is 0 Å². The number of hydrogen-bond acceptors (Lipinski definition) is 3. The number of halogens is 1. The van der Waals surface area contributed by atoms with Crippen LogP contribution in [0.5, 0.6) is 0 Å². The van der Waals surface area contributed by atoms with E-state index in [1.165, 1.54) is 11.1 Å². The largest absolute Gasteiger partial charge is 0.480 e. The lowest BCUT2D eigenvalue weighted by molar-refractivity contribution is -0.143. The molecule has 0 saturated carbocycles. The van der Waals surface area contributed by atoms with Crippen LogP contribution in [0.15, 0.2) is 34.9 Å². The third-order valence-corrected chi connectivity index (χ3v) is 4.89. The van der Waals surface area contributed by atoms with Gasteiger partial charge in [0.15, 0.2) is 0 Å². The highest BCUT2D eigenvalue weighted by molar-refractivity contribution is 9.10. The van der Waals surface area contributed by atoms with Crippen LogP contribution < -0.4 is 0 Å². The molecule has 3 rings (SSSR count). The predicted molar refractivity (Wildman–Crippen MR) is 92.3 cm³/mol. The third-order valence-electron chi connectivity index (χ3n) is 4.36. The predicted octanol–water partition coefficient (Wildman–Crippen LogP) is 3.02. The topological polar surface area (TPSA) is 75.4 Å². The number of hydrogen-bond donors (Lipinski definition) is 1. The van der Waals surface area contributed by atoms with Crippen LogP contribution in [0, 0.1) is 6.92 Å². The van der Waals surface area contributed by atoms with Crippen LogP contribution in [-0.2, 0) is 4.79 Å². The third kappa shape index (κ3) is 3.08. The average Bonchev–Trinajstić information content (AvgIpc) is 2.96. The number of aromatic nitrogens is 2. The monoisotopic (exact) mass is 391 g/mol. The van der Waals surface area contributed by atoms with Gasteiger partial charge in [0.05, 0.1) is 23.1 Å². The summed E-state index contributed by atoms with van der Waals surface area (Å²) in [4.78, 5) is 25.7. The van der Waals surface area contributed by atoms with Gasteiger partial charge in [-0.05, 0) is 50.5 Å². The van der Waals surface area contributed by atoms with Crippen molar-refractivity contribution in [2.24, 2.45) is 0 Å². The molecule has 1 aromatic carbocycles. The Labute approximate surface area is 148 Å². The number of amides is 1. The molecule has 0 unspecified atom stereocenters. The molecule has 1 aliphatic heterocycles. The van der Waals surface area contributed by atoms with Crippen molar-refractivity contribution in [1.29, 1.82) is 0 Å². The molecule has 7 heteroatoms. The van der Waals surface area contributed by atoms with Gasteiger partial charge in [-0.1, -0.05) is 15.9 Å². The van der Waals surface area contributed by atoms with E-state index in [0.29, 0.717) is 24.2 Å². The Hall–Kier alpha value is -2.15. The maximum Gasteiger partial charge on any atom is 0.326 e. The van der Waals surface area contributed by atoms with Crippen LogP contribution in [0.25, 0.3) is 5.69 Å². The second-order valence-electron chi connectivity index (χ2n) is 5.88. The molecule has 24 heavy (non-hydrogen) atoms. The fourth-order valence-electron chi connectivity index (χ4n) is 3.05. The molecule has 1 fully saturated rings. The lowest BCUT2D eigenvalue weighted by Gasteiger charge is -2.32. The van der Waals surface area contributed by atoms with Gasteiger partial charge in [0.1, 0.15) is 6.04 Å². The lowest BCUT2D eigenvalue weighted by Crippen LogP contribution is -2.48. The summed E-state index contributed by atoms with van der Waals surface area (Å²) in [5, 5.41) is 13.7. The zero-order valence-corrected chi connectivity index (χ0v) is 14.9. The maximum atomic E-state index is 12.8. The van der Waals surface area contributed by atoms with Crippen LogP contribution >= 0.6 is 15.9 Å². The molecule has 1 N–H and O–H groups in total. The Kier molecular flexibility index (Phi) is 4.71. The summed E-state index contributed by atoms with van der Waals surface area (Å²) >= 11 is 3.39. The zero-order valence-electron chi connectivity index (χ0n) is 13.3. The quantitative estimate of drug-likeness (QED) is 0.872. The minimum atomic E-state index is -0.944. The Bertz CT molecular complexity index is 770.